The van der Waals surface area contributed by atoms with Crippen molar-refractivity contribution in [3.63, 3.8) is 0 Å². The number of nitrogens with one attached hydrogen (secondary N) is 1. The lowest BCUT2D eigenvalue weighted by molar-refractivity contribution is -0.113. The van der Waals surface area contributed by atoms with Crippen LogP contribution in [0.4, 0.5) is 5.82 Å². The van der Waals surface area contributed by atoms with Gasteiger partial charge in [0.05, 0.1) is 38.0 Å². The van der Waals surface area contributed by atoms with Gasteiger partial charge in [0.15, 0.2) is 11.5 Å². The van der Waals surface area contributed by atoms with E-state index in [0.29, 0.717) is 29.0 Å². The maximum absolute atomic E-state index is 12.5. The van der Waals surface area contributed by atoms with E-state index in [9.17, 15) is 4.79 Å². The number of aromatic nitrogens is 4. The van der Waals surface area contributed by atoms with Crippen molar-refractivity contribution in [2.75, 3.05) is 32.4 Å². The van der Waals surface area contributed by atoms with Gasteiger partial charge in [0.25, 0.3) is 5.95 Å². The van der Waals surface area contributed by atoms with Crippen LogP contribution < -0.4 is 19.5 Å². The molecular formula is C20H21N5O4S. The second-order valence-corrected chi connectivity index (χ2v) is 7.59. The number of ether oxygens (including phenoxy) is 3. The van der Waals surface area contributed by atoms with Gasteiger partial charge < -0.3 is 19.5 Å². The average molecular weight is 427 g/mol. The van der Waals surface area contributed by atoms with Crippen molar-refractivity contribution in [3.8, 4) is 23.2 Å². The van der Waals surface area contributed by atoms with Crippen molar-refractivity contribution in [1.82, 2.24) is 19.7 Å². The first-order valence-corrected chi connectivity index (χ1v) is 10.2. The number of nitrogens with zero attached hydrogens (tertiary/aromatic N) is 4. The molecule has 3 heterocycles. The van der Waals surface area contributed by atoms with Crippen molar-refractivity contribution < 1.29 is 19.0 Å². The molecule has 0 fully saturated rings. The lowest BCUT2D eigenvalue weighted by Gasteiger charge is -2.20. The van der Waals surface area contributed by atoms with E-state index in [1.807, 2.05) is 13.0 Å². The van der Waals surface area contributed by atoms with Gasteiger partial charge in [-0.1, -0.05) is 0 Å². The molecule has 2 aromatic heterocycles. The molecule has 0 spiro atoms. The van der Waals surface area contributed by atoms with Gasteiger partial charge in [-0.2, -0.15) is 9.78 Å². The Morgan fingerprint density at radius 1 is 1.07 bits per heavy atom. The molecule has 0 radical (unpaired) electrons. The summed E-state index contributed by atoms with van der Waals surface area (Å²) >= 11 is 1.49. The molecule has 0 saturated carbocycles. The molecule has 0 bridgehead atoms. The van der Waals surface area contributed by atoms with Crippen molar-refractivity contribution in [2.45, 2.75) is 12.2 Å². The second-order valence-electron chi connectivity index (χ2n) is 6.50. The summed E-state index contributed by atoms with van der Waals surface area (Å²) in [5.74, 6) is 2.86. The lowest BCUT2D eigenvalue weighted by Crippen LogP contribution is -2.16. The number of hydrogen-bond acceptors (Lipinski definition) is 8. The Bertz CT molecular complexity index is 1090. The third kappa shape index (κ3) is 3.43. The number of hydrogen-bond donors (Lipinski definition) is 1. The Labute approximate surface area is 177 Å². The lowest BCUT2D eigenvalue weighted by atomic mass is 10.0. The highest BCUT2D eigenvalue weighted by Gasteiger charge is 2.33. The van der Waals surface area contributed by atoms with Gasteiger partial charge in [-0.15, -0.1) is 11.8 Å². The third-order valence-corrected chi connectivity index (χ3v) is 6.02. The summed E-state index contributed by atoms with van der Waals surface area (Å²) in [5.41, 5.74) is 2.48. The largest absolute Gasteiger partial charge is 0.496 e. The number of fused-ring (bicyclic) bond motifs is 1. The number of benzene rings is 1. The molecule has 0 saturated heterocycles. The maximum Gasteiger partial charge on any atom is 0.252 e. The fourth-order valence-electron chi connectivity index (χ4n) is 3.43. The molecule has 4 rings (SSSR count). The van der Waals surface area contributed by atoms with Gasteiger partial charge in [-0.05, 0) is 19.1 Å². The zero-order valence-corrected chi connectivity index (χ0v) is 17.8. The molecule has 1 aromatic carbocycles. The van der Waals surface area contributed by atoms with Crippen LogP contribution in [0.15, 0.2) is 30.6 Å². The summed E-state index contributed by atoms with van der Waals surface area (Å²) in [6.07, 6.45) is 3.27. The predicted octanol–water partition coefficient (Wildman–Crippen LogP) is 2.77. The normalized spacial score (nSPS) is 15.7. The molecule has 10 heteroatoms. The topological polar surface area (TPSA) is 100 Å². The molecule has 1 N–H and O–H groups in total. The summed E-state index contributed by atoms with van der Waals surface area (Å²) in [7, 11) is 4.76. The van der Waals surface area contributed by atoms with Crippen molar-refractivity contribution in [1.29, 1.82) is 0 Å². The molecule has 1 atom stereocenters. The minimum absolute atomic E-state index is 0.125. The minimum Gasteiger partial charge on any atom is -0.496 e. The van der Waals surface area contributed by atoms with E-state index in [1.54, 1.807) is 50.5 Å². The molecule has 1 unspecified atom stereocenters. The zero-order chi connectivity index (χ0) is 21.3. The van der Waals surface area contributed by atoms with Crippen molar-refractivity contribution in [3.05, 3.63) is 47.4 Å². The monoisotopic (exact) mass is 427 g/mol. The molecule has 1 aliphatic heterocycles. The van der Waals surface area contributed by atoms with E-state index >= 15 is 0 Å². The molecule has 3 aromatic rings. The number of thioether (sulfide) groups is 1. The Morgan fingerprint density at radius 2 is 1.73 bits per heavy atom. The van der Waals surface area contributed by atoms with E-state index in [2.05, 4.69) is 20.4 Å². The van der Waals surface area contributed by atoms with Crippen LogP contribution in [0.1, 0.15) is 22.1 Å². The molecule has 0 aliphatic carbocycles. The Hall–Kier alpha value is -3.27. The van der Waals surface area contributed by atoms with Gasteiger partial charge >= 0.3 is 0 Å². The van der Waals surface area contributed by atoms with Crippen LogP contribution in [0.5, 0.6) is 17.2 Å². The second kappa shape index (κ2) is 8.23. The molecule has 9 nitrogen and oxygen atoms in total. The first-order valence-electron chi connectivity index (χ1n) is 9.15. The van der Waals surface area contributed by atoms with Crippen LogP contribution in [-0.2, 0) is 4.79 Å². The van der Waals surface area contributed by atoms with Gasteiger partial charge in [0, 0.05) is 29.6 Å². The van der Waals surface area contributed by atoms with E-state index in [0.717, 1.165) is 16.8 Å². The fourth-order valence-corrected chi connectivity index (χ4v) is 4.64. The van der Waals surface area contributed by atoms with Crippen molar-refractivity contribution >= 4 is 23.5 Å². The van der Waals surface area contributed by atoms with Gasteiger partial charge in [0.2, 0.25) is 5.91 Å². The molecule has 156 valence electrons. The highest BCUT2D eigenvalue weighted by Crippen LogP contribution is 2.49. The standard InChI is InChI=1S/C20H21N5O4S/c1-11-17-18(12-8-14(28-3)15(29-4)9-13(12)27-2)30-10-16(26)23-19(17)25(24-11)20-21-6-5-7-22-20/h5-9,18H,10H2,1-4H3,(H,23,26). The van der Waals surface area contributed by atoms with E-state index in [4.69, 9.17) is 14.2 Å². The number of carbonyl (C=O) groups is 1. The summed E-state index contributed by atoms with van der Waals surface area (Å²) in [5, 5.41) is 7.35. The zero-order valence-electron chi connectivity index (χ0n) is 17.0. The highest BCUT2D eigenvalue weighted by atomic mass is 32.2. The molecular weight excluding hydrogens is 406 g/mol. The van der Waals surface area contributed by atoms with Gasteiger partial charge in [-0.25, -0.2) is 9.97 Å². The first-order chi connectivity index (χ1) is 14.6. The van der Waals surface area contributed by atoms with Crippen LogP contribution >= 0.6 is 11.8 Å². The summed E-state index contributed by atoms with van der Waals surface area (Å²) in [4.78, 5) is 21.1. The van der Waals surface area contributed by atoms with Crippen LogP contribution in [-0.4, -0.2) is 52.7 Å². The Balaban J connectivity index is 1.92. The number of amides is 1. The Kier molecular flexibility index (Phi) is 5.49. The van der Waals surface area contributed by atoms with Crippen LogP contribution in [0.3, 0.4) is 0 Å². The third-order valence-electron chi connectivity index (χ3n) is 4.77. The molecule has 1 amide bonds. The maximum atomic E-state index is 12.5. The minimum atomic E-state index is -0.230. The fraction of sp³-hybridized carbons (Fsp3) is 0.300. The summed E-state index contributed by atoms with van der Waals surface area (Å²) in [6.45, 7) is 1.90. The number of rotatable bonds is 5. The summed E-state index contributed by atoms with van der Waals surface area (Å²) < 4.78 is 18.1. The number of aryl methyl sites for hydroxylation is 1. The average Bonchev–Trinajstić information content (AvgIpc) is 2.98. The van der Waals surface area contributed by atoms with E-state index in [1.165, 1.54) is 11.8 Å². The van der Waals surface area contributed by atoms with Gasteiger partial charge in [-0.3, -0.25) is 4.79 Å². The Morgan fingerprint density at radius 3 is 2.40 bits per heavy atom. The first kappa shape index (κ1) is 20.0. The number of anilines is 1. The van der Waals surface area contributed by atoms with E-state index in [-0.39, 0.29) is 16.9 Å². The molecule has 30 heavy (non-hydrogen) atoms. The smallest absolute Gasteiger partial charge is 0.252 e. The van der Waals surface area contributed by atoms with Crippen LogP contribution in [0, 0.1) is 6.92 Å². The SMILES string of the molecule is COc1cc(OC)c(C2SCC(=O)Nc3c2c(C)nn3-c2ncccn2)cc1OC. The van der Waals surface area contributed by atoms with Crippen molar-refractivity contribution in [2.24, 2.45) is 0 Å². The van der Waals surface area contributed by atoms with Gasteiger partial charge in [0.1, 0.15) is 11.6 Å². The predicted molar refractivity (Wildman–Crippen MR) is 113 cm³/mol. The summed E-state index contributed by atoms with van der Waals surface area (Å²) in [6, 6.07) is 5.39. The van der Waals surface area contributed by atoms with E-state index < -0.39 is 0 Å². The number of carbonyl (C=O) groups excluding carboxylic acids is 1. The highest BCUT2D eigenvalue weighted by molar-refractivity contribution is 8.00. The van der Waals surface area contributed by atoms with Crippen LogP contribution in [0.2, 0.25) is 0 Å². The quantitative estimate of drug-likeness (QED) is 0.663. The van der Waals surface area contributed by atoms with Crippen LogP contribution in [0.25, 0.3) is 5.95 Å². The number of methoxy groups -OCH3 is 3. The molecule has 1 aliphatic rings.